The number of carbonyl (C=O) groups is 1. The van der Waals surface area contributed by atoms with Crippen molar-refractivity contribution >= 4 is 5.97 Å². The van der Waals surface area contributed by atoms with Crippen molar-refractivity contribution in [2.24, 2.45) is 0 Å². The van der Waals surface area contributed by atoms with E-state index >= 15 is 0 Å². The summed E-state index contributed by atoms with van der Waals surface area (Å²) in [6.45, 7) is 4.16. The molecule has 2 rings (SSSR count). The molecule has 2 heterocycles. The van der Waals surface area contributed by atoms with Crippen molar-refractivity contribution in [3.63, 3.8) is 0 Å². The molecule has 0 saturated heterocycles. The molecule has 0 unspecified atom stereocenters. The number of carboxylic acid groups (broad SMARTS) is 1. The van der Waals surface area contributed by atoms with E-state index in [0.717, 1.165) is 12.2 Å². The van der Waals surface area contributed by atoms with Crippen molar-refractivity contribution in [1.82, 2.24) is 9.88 Å². The fourth-order valence-electron chi connectivity index (χ4n) is 1.80. The Kier molecular flexibility index (Phi) is 4.30. The van der Waals surface area contributed by atoms with Gasteiger partial charge < -0.3 is 9.52 Å². The summed E-state index contributed by atoms with van der Waals surface area (Å²) in [6, 6.07) is 7.36. The molecule has 0 saturated carbocycles. The lowest BCUT2D eigenvalue weighted by atomic mass is 10.3. The smallest absolute Gasteiger partial charge is 0.338 e. The molecule has 0 fully saturated rings. The van der Waals surface area contributed by atoms with E-state index in [0.29, 0.717) is 18.8 Å². The third kappa shape index (κ3) is 3.66. The number of hydrogen-bond acceptors (Lipinski definition) is 4. The highest BCUT2D eigenvalue weighted by atomic mass is 16.4. The third-order valence-corrected chi connectivity index (χ3v) is 2.84. The van der Waals surface area contributed by atoms with E-state index in [1.54, 1.807) is 12.3 Å². The maximum Gasteiger partial charge on any atom is 0.338 e. The van der Waals surface area contributed by atoms with Crippen LogP contribution in [0.25, 0.3) is 0 Å². The van der Waals surface area contributed by atoms with E-state index < -0.39 is 5.97 Å². The molecule has 5 nitrogen and oxygen atoms in total. The average molecular weight is 260 g/mol. The molecular weight excluding hydrogens is 244 g/mol. The van der Waals surface area contributed by atoms with Gasteiger partial charge in [-0.2, -0.15) is 0 Å². The molecule has 2 aromatic heterocycles. The second kappa shape index (κ2) is 6.15. The Labute approximate surface area is 111 Å². The highest BCUT2D eigenvalue weighted by molar-refractivity contribution is 5.87. The van der Waals surface area contributed by atoms with Crippen LogP contribution >= 0.6 is 0 Å². The van der Waals surface area contributed by atoms with Crippen LogP contribution in [-0.2, 0) is 13.1 Å². The fraction of sp³-hybridized carbons (Fsp3) is 0.286. The summed E-state index contributed by atoms with van der Waals surface area (Å²) in [4.78, 5) is 17.2. The van der Waals surface area contributed by atoms with Gasteiger partial charge in [0.1, 0.15) is 12.0 Å². The molecule has 0 aromatic carbocycles. The molecule has 0 bridgehead atoms. The van der Waals surface area contributed by atoms with Gasteiger partial charge in [0.2, 0.25) is 0 Å². The monoisotopic (exact) mass is 260 g/mol. The molecule has 0 atom stereocenters. The first-order valence-corrected chi connectivity index (χ1v) is 6.12. The quantitative estimate of drug-likeness (QED) is 0.863. The van der Waals surface area contributed by atoms with Crippen LogP contribution in [0, 0.1) is 0 Å². The zero-order chi connectivity index (χ0) is 13.7. The van der Waals surface area contributed by atoms with Gasteiger partial charge >= 0.3 is 5.97 Å². The first-order chi connectivity index (χ1) is 9.19. The van der Waals surface area contributed by atoms with Crippen molar-refractivity contribution in [3.05, 3.63) is 53.7 Å². The van der Waals surface area contributed by atoms with Gasteiger partial charge in [-0.1, -0.05) is 13.0 Å². The Balaban J connectivity index is 2.00. The van der Waals surface area contributed by atoms with Crippen LogP contribution in [0.3, 0.4) is 0 Å². The van der Waals surface area contributed by atoms with Gasteiger partial charge in [0.25, 0.3) is 0 Å². The van der Waals surface area contributed by atoms with Gasteiger partial charge in [-0.25, -0.2) is 4.79 Å². The summed E-state index contributed by atoms with van der Waals surface area (Å²) in [6.07, 6.45) is 3.03. The predicted octanol–water partition coefficient (Wildman–Crippen LogP) is 2.39. The molecule has 19 heavy (non-hydrogen) atoms. The molecule has 0 aliphatic heterocycles. The van der Waals surface area contributed by atoms with Crippen molar-refractivity contribution < 1.29 is 14.3 Å². The molecule has 1 N–H and O–H groups in total. The minimum Gasteiger partial charge on any atom is -0.478 e. The summed E-state index contributed by atoms with van der Waals surface area (Å²) >= 11 is 0. The molecule has 0 aliphatic carbocycles. The predicted molar refractivity (Wildman–Crippen MR) is 69.7 cm³/mol. The first kappa shape index (κ1) is 13.3. The zero-order valence-electron chi connectivity index (χ0n) is 10.7. The molecule has 0 amide bonds. The topological polar surface area (TPSA) is 66.6 Å². The van der Waals surface area contributed by atoms with E-state index in [1.165, 1.54) is 6.26 Å². The number of aromatic carboxylic acids is 1. The summed E-state index contributed by atoms with van der Waals surface area (Å²) in [5.41, 5.74) is 1.17. The largest absolute Gasteiger partial charge is 0.478 e. The van der Waals surface area contributed by atoms with Gasteiger partial charge in [0, 0.05) is 12.7 Å². The molecule has 0 aliphatic rings. The van der Waals surface area contributed by atoms with Crippen LogP contribution < -0.4 is 0 Å². The lowest BCUT2D eigenvalue weighted by molar-refractivity contribution is 0.0696. The van der Waals surface area contributed by atoms with Crippen molar-refractivity contribution in [1.29, 1.82) is 0 Å². The number of carboxylic acids is 1. The minimum atomic E-state index is -0.970. The van der Waals surface area contributed by atoms with Crippen molar-refractivity contribution in [2.75, 3.05) is 6.54 Å². The zero-order valence-corrected chi connectivity index (χ0v) is 10.7. The molecular formula is C14H16N2O3. The Morgan fingerprint density at radius 2 is 2.26 bits per heavy atom. The number of furan rings is 1. The van der Waals surface area contributed by atoms with Crippen LogP contribution in [0.1, 0.15) is 28.7 Å². The highest BCUT2D eigenvalue weighted by Crippen LogP contribution is 2.12. The molecule has 2 aromatic rings. The summed E-state index contributed by atoms with van der Waals surface area (Å²) in [5.74, 6) is -0.321. The Morgan fingerprint density at radius 3 is 2.84 bits per heavy atom. The molecule has 0 radical (unpaired) electrons. The lowest BCUT2D eigenvalue weighted by Crippen LogP contribution is -2.22. The number of pyridine rings is 1. The summed E-state index contributed by atoms with van der Waals surface area (Å²) in [7, 11) is 0. The Hall–Kier alpha value is -2.14. The molecule has 0 spiro atoms. The Morgan fingerprint density at radius 1 is 1.42 bits per heavy atom. The third-order valence-electron chi connectivity index (χ3n) is 2.84. The Bertz CT molecular complexity index is 537. The van der Waals surface area contributed by atoms with Crippen LogP contribution in [0.5, 0.6) is 0 Å². The van der Waals surface area contributed by atoms with E-state index in [4.69, 9.17) is 9.52 Å². The number of nitrogens with zero attached hydrogens (tertiary/aromatic N) is 2. The van der Waals surface area contributed by atoms with Gasteiger partial charge in [0.15, 0.2) is 0 Å². The van der Waals surface area contributed by atoms with E-state index in [2.05, 4.69) is 9.88 Å². The van der Waals surface area contributed by atoms with Crippen molar-refractivity contribution in [3.8, 4) is 0 Å². The maximum absolute atomic E-state index is 10.8. The van der Waals surface area contributed by atoms with Gasteiger partial charge in [0.05, 0.1) is 17.8 Å². The molecule has 100 valence electrons. The minimum absolute atomic E-state index is 0.184. The summed E-state index contributed by atoms with van der Waals surface area (Å²) < 4.78 is 5.25. The SMILES string of the molecule is CCN(Cc1ccccn1)Cc1cc(C(=O)O)co1. The van der Waals surface area contributed by atoms with Gasteiger partial charge in [-0.3, -0.25) is 9.88 Å². The highest BCUT2D eigenvalue weighted by Gasteiger charge is 2.11. The lowest BCUT2D eigenvalue weighted by Gasteiger charge is -2.18. The van der Waals surface area contributed by atoms with Crippen LogP contribution in [-0.4, -0.2) is 27.5 Å². The standard InChI is InChI=1S/C14H16N2O3/c1-2-16(8-12-5-3-4-6-15-12)9-13-7-11(10-19-13)14(17)18/h3-7,10H,2,8-9H2,1H3,(H,17,18). The maximum atomic E-state index is 10.8. The fourth-order valence-corrected chi connectivity index (χ4v) is 1.80. The summed E-state index contributed by atoms with van der Waals surface area (Å²) in [5, 5.41) is 8.84. The van der Waals surface area contributed by atoms with Gasteiger partial charge in [-0.15, -0.1) is 0 Å². The van der Waals surface area contributed by atoms with E-state index in [-0.39, 0.29) is 5.56 Å². The van der Waals surface area contributed by atoms with E-state index in [1.807, 2.05) is 25.1 Å². The molecule has 5 heteroatoms. The van der Waals surface area contributed by atoms with Crippen LogP contribution in [0.15, 0.2) is 41.1 Å². The average Bonchev–Trinajstić information content (AvgIpc) is 2.88. The van der Waals surface area contributed by atoms with E-state index in [9.17, 15) is 4.79 Å². The van der Waals surface area contributed by atoms with Gasteiger partial charge in [-0.05, 0) is 24.7 Å². The number of aromatic nitrogens is 1. The number of hydrogen-bond donors (Lipinski definition) is 1. The van der Waals surface area contributed by atoms with Crippen molar-refractivity contribution in [2.45, 2.75) is 20.0 Å². The number of rotatable bonds is 6. The normalized spacial score (nSPS) is 10.8. The van der Waals surface area contributed by atoms with Crippen LogP contribution in [0.4, 0.5) is 0 Å². The second-order valence-corrected chi connectivity index (χ2v) is 4.23. The second-order valence-electron chi connectivity index (χ2n) is 4.23. The first-order valence-electron chi connectivity index (χ1n) is 6.12. The van der Waals surface area contributed by atoms with Crippen LogP contribution in [0.2, 0.25) is 0 Å².